The van der Waals surface area contributed by atoms with Gasteiger partial charge in [-0.3, -0.25) is 10.1 Å². The van der Waals surface area contributed by atoms with E-state index in [1.807, 2.05) is 15.5 Å². The van der Waals surface area contributed by atoms with Crippen molar-refractivity contribution >= 4 is 34.3 Å². The number of nitrogens with one attached hydrogen (secondary N) is 1. The fourth-order valence-corrected chi connectivity index (χ4v) is 4.47. The predicted molar refractivity (Wildman–Crippen MR) is 135 cm³/mol. The second-order valence-corrected chi connectivity index (χ2v) is 8.81. The van der Waals surface area contributed by atoms with Crippen molar-refractivity contribution in [2.24, 2.45) is 7.05 Å². The number of non-ortho nitro benzene ring substituents is 1. The van der Waals surface area contributed by atoms with Gasteiger partial charge < -0.3 is 19.7 Å². The van der Waals surface area contributed by atoms with Gasteiger partial charge in [-0.15, -0.1) is 0 Å². The normalized spacial score (nSPS) is 14.1. The van der Waals surface area contributed by atoms with Gasteiger partial charge in [0.25, 0.3) is 5.69 Å². The minimum absolute atomic E-state index is 0.0600. The lowest BCUT2D eigenvalue weighted by atomic mass is 10.1. The summed E-state index contributed by atoms with van der Waals surface area (Å²) in [4.78, 5) is 35.5. The SMILES string of the molecule is Cn1c(-c2ccc(C(F)(F)F)cc2)cc2c(N3CCN(C(=O)Nc4ccc([N+](=O)[O-])cc4)CC3)ncnc21. The summed E-state index contributed by atoms with van der Waals surface area (Å²) in [5.74, 6) is 0.680. The minimum atomic E-state index is -4.41. The topological polar surface area (TPSA) is 109 Å². The monoisotopic (exact) mass is 525 g/mol. The maximum absolute atomic E-state index is 13.0. The summed E-state index contributed by atoms with van der Waals surface area (Å²) < 4.78 is 40.7. The Balaban J connectivity index is 1.30. The van der Waals surface area contributed by atoms with Gasteiger partial charge in [0.15, 0.2) is 0 Å². The van der Waals surface area contributed by atoms with Gasteiger partial charge in [-0.25, -0.2) is 14.8 Å². The van der Waals surface area contributed by atoms with Crippen LogP contribution in [0.1, 0.15) is 5.56 Å². The van der Waals surface area contributed by atoms with Crippen LogP contribution in [0.5, 0.6) is 0 Å². The fourth-order valence-electron chi connectivity index (χ4n) is 4.47. The fraction of sp³-hybridized carbons (Fsp3) is 0.240. The second-order valence-electron chi connectivity index (χ2n) is 8.81. The molecule has 1 fully saturated rings. The van der Waals surface area contributed by atoms with Crippen LogP contribution in [0, 0.1) is 10.1 Å². The Labute approximate surface area is 214 Å². The van der Waals surface area contributed by atoms with E-state index in [9.17, 15) is 28.1 Å². The van der Waals surface area contributed by atoms with Gasteiger partial charge in [0, 0.05) is 51.0 Å². The molecule has 1 aliphatic rings. The minimum Gasteiger partial charge on any atom is -0.352 e. The number of carbonyl (C=O) groups excluding carboxylic acids is 1. The van der Waals surface area contributed by atoms with E-state index in [0.29, 0.717) is 54.6 Å². The molecule has 2 amide bonds. The lowest BCUT2D eigenvalue weighted by Crippen LogP contribution is -2.50. The molecule has 0 radical (unpaired) electrons. The van der Waals surface area contributed by atoms with Crippen LogP contribution in [0.25, 0.3) is 22.3 Å². The number of piperazine rings is 1. The Bertz CT molecular complexity index is 1490. The van der Waals surface area contributed by atoms with E-state index in [2.05, 4.69) is 15.3 Å². The van der Waals surface area contributed by atoms with Crippen LogP contribution in [0.3, 0.4) is 0 Å². The van der Waals surface area contributed by atoms with Gasteiger partial charge in [-0.1, -0.05) is 12.1 Å². The summed E-state index contributed by atoms with van der Waals surface area (Å²) in [5.41, 5.74) is 1.66. The van der Waals surface area contributed by atoms with E-state index in [1.54, 1.807) is 11.9 Å². The molecule has 0 unspecified atom stereocenters. The summed E-state index contributed by atoms with van der Waals surface area (Å²) in [5, 5.41) is 14.3. The molecule has 196 valence electrons. The van der Waals surface area contributed by atoms with Crippen molar-refractivity contribution in [2.45, 2.75) is 6.18 Å². The molecule has 3 heterocycles. The second kappa shape index (κ2) is 9.65. The number of rotatable bonds is 4. The zero-order valence-corrected chi connectivity index (χ0v) is 20.1. The number of carbonyl (C=O) groups is 1. The zero-order valence-electron chi connectivity index (χ0n) is 20.1. The Morgan fingerprint density at radius 1 is 1.00 bits per heavy atom. The van der Waals surface area contributed by atoms with Crippen LogP contribution in [0.2, 0.25) is 0 Å². The summed E-state index contributed by atoms with van der Waals surface area (Å²) in [6.45, 7) is 1.85. The molecule has 2 aromatic heterocycles. The van der Waals surface area contributed by atoms with Crippen molar-refractivity contribution in [1.29, 1.82) is 0 Å². The molecule has 1 N–H and O–H groups in total. The maximum Gasteiger partial charge on any atom is 0.416 e. The van der Waals surface area contributed by atoms with Gasteiger partial charge in [0.1, 0.15) is 17.8 Å². The number of anilines is 2. The Morgan fingerprint density at radius 3 is 2.26 bits per heavy atom. The number of nitro benzene ring substituents is 1. The number of fused-ring (bicyclic) bond motifs is 1. The average molecular weight is 525 g/mol. The molecular formula is C25H22F3N7O3. The number of amides is 2. The number of alkyl halides is 3. The highest BCUT2D eigenvalue weighted by atomic mass is 19.4. The standard InChI is InChI=1S/C25H22F3N7O3/c1-32-21(16-2-4-17(5-3-16)25(26,27)28)14-20-22(32)29-15-30-23(20)33-10-12-34(13-11-33)24(36)31-18-6-8-19(9-7-18)35(37)38/h2-9,14-15H,10-13H2,1H3,(H,31,36). The van der Waals surface area contributed by atoms with Crippen LogP contribution >= 0.6 is 0 Å². The summed E-state index contributed by atoms with van der Waals surface area (Å²) in [6, 6.07) is 12.2. The molecule has 0 atom stereocenters. The number of urea groups is 1. The largest absolute Gasteiger partial charge is 0.416 e. The molecule has 0 saturated carbocycles. The van der Waals surface area contributed by atoms with Crippen molar-refractivity contribution in [1.82, 2.24) is 19.4 Å². The molecule has 4 aromatic rings. The Morgan fingerprint density at radius 2 is 1.66 bits per heavy atom. The van der Waals surface area contributed by atoms with Crippen molar-refractivity contribution < 1.29 is 22.9 Å². The van der Waals surface area contributed by atoms with Crippen molar-refractivity contribution in [2.75, 3.05) is 36.4 Å². The van der Waals surface area contributed by atoms with Gasteiger partial charge >= 0.3 is 12.2 Å². The number of nitrogens with zero attached hydrogens (tertiary/aromatic N) is 6. The molecule has 1 aliphatic heterocycles. The van der Waals surface area contributed by atoms with E-state index in [-0.39, 0.29) is 11.7 Å². The molecule has 10 nitrogen and oxygen atoms in total. The predicted octanol–water partition coefficient (Wildman–Crippen LogP) is 4.92. The van der Waals surface area contributed by atoms with E-state index >= 15 is 0 Å². The van der Waals surface area contributed by atoms with Crippen LogP contribution in [-0.2, 0) is 13.2 Å². The third-order valence-corrected chi connectivity index (χ3v) is 6.51. The van der Waals surface area contributed by atoms with Crippen molar-refractivity contribution in [3.05, 3.63) is 76.6 Å². The Kier molecular flexibility index (Phi) is 6.35. The summed E-state index contributed by atoms with van der Waals surface area (Å²) >= 11 is 0. The van der Waals surface area contributed by atoms with Gasteiger partial charge in [0.05, 0.1) is 21.6 Å². The molecule has 13 heteroatoms. The third-order valence-electron chi connectivity index (χ3n) is 6.51. The number of hydrogen-bond donors (Lipinski definition) is 1. The third kappa shape index (κ3) is 4.82. The first-order valence-corrected chi connectivity index (χ1v) is 11.7. The van der Waals surface area contributed by atoms with E-state index in [0.717, 1.165) is 17.5 Å². The average Bonchev–Trinajstić information content (AvgIpc) is 3.25. The molecule has 5 rings (SSSR count). The molecule has 1 saturated heterocycles. The number of benzene rings is 2. The van der Waals surface area contributed by atoms with Crippen LogP contribution in [0.15, 0.2) is 60.9 Å². The van der Waals surface area contributed by atoms with Crippen molar-refractivity contribution in [3.63, 3.8) is 0 Å². The first kappa shape index (κ1) is 25.0. The Hall–Kier alpha value is -4.68. The number of hydrogen-bond acceptors (Lipinski definition) is 6. The smallest absolute Gasteiger partial charge is 0.352 e. The van der Waals surface area contributed by atoms with Crippen LogP contribution < -0.4 is 10.2 Å². The van der Waals surface area contributed by atoms with Gasteiger partial charge in [-0.2, -0.15) is 13.2 Å². The molecule has 0 spiro atoms. The maximum atomic E-state index is 13.0. The van der Waals surface area contributed by atoms with Gasteiger partial charge in [0.2, 0.25) is 0 Å². The van der Waals surface area contributed by atoms with Gasteiger partial charge in [-0.05, 0) is 35.9 Å². The first-order valence-electron chi connectivity index (χ1n) is 11.7. The molecule has 38 heavy (non-hydrogen) atoms. The number of aryl methyl sites for hydroxylation is 1. The quantitative estimate of drug-likeness (QED) is 0.299. The summed E-state index contributed by atoms with van der Waals surface area (Å²) in [7, 11) is 1.80. The summed E-state index contributed by atoms with van der Waals surface area (Å²) in [6.07, 6.45) is -2.96. The highest BCUT2D eigenvalue weighted by Crippen LogP contribution is 2.34. The number of halogens is 3. The molecule has 0 bridgehead atoms. The highest BCUT2D eigenvalue weighted by Gasteiger charge is 2.30. The molecule has 2 aromatic carbocycles. The van der Waals surface area contributed by atoms with Crippen molar-refractivity contribution in [3.8, 4) is 11.3 Å². The lowest BCUT2D eigenvalue weighted by Gasteiger charge is -2.35. The van der Waals surface area contributed by atoms with E-state index in [1.165, 1.54) is 42.7 Å². The number of nitro groups is 1. The highest BCUT2D eigenvalue weighted by molar-refractivity contribution is 5.93. The number of aromatic nitrogens is 3. The molecular weight excluding hydrogens is 503 g/mol. The van der Waals surface area contributed by atoms with Crippen LogP contribution in [-0.4, -0.2) is 56.6 Å². The zero-order chi connectivity index (χ0) is 27.0. The molecule has 0 aliphatic carbocycles. The van der Waals surface area contributed by atoms with Crippen LogP contribution in [0.4, 0.5) is 35.2 Å². The first-order chi connectivity index (χ1) is 18.1. The van der Waals surface area contributed by atoms with E-state index in [4.69, 9.17) is 0 Å². The van der Waals surface area contributed by atoms with E-state index < -0.39 is 16.7 Å². The lowest BCUT2D eigenvalue weighted by molar-refractivity contribution is -0.384.